The third kappa shape index (κ3) is 5.49. The molecule has 2 aromatic rings. The standard InChI is InChI=1S/C24H34N4O2/c1-19-6-7-21(30-19)17-27-15-10-22-23(18-27)28(16-20-8-12-25-13-9-20)14-5-3-2-4-11-26-24(22)29/h6-9,12-13,22-23H,2-5,10-11,14-18H2,1H3,(H,26,29)/t22-,23-/m1/s1. The molecule has 0 unspecified atom stereocenters. The molecule has 0 bridgehead atoms. The van der Waals surface area contributed by atoms with Crippen molar-refractivity contribution >= 4 is 5.91 Å². The van der Waals surface area contributed by atoms with Crippen LogP contribution in [0.2, 0.25) is 0 Å². The van der Waals surface area contributed by atoms with E-state index in [4.69, 9.17) is 4.42 Å². The predicted molar refractivity (Wildman–Crippen MR) is 117 cm³/mol. The molecule has 0 spiro atoms. The predicted octanol–water partition coefficient (Wildman–Crippen LogP) is 3.37. The minimum atomic E-state index is 0.0412. The summed E-state index contributed by atoms with van der Waals surface area (Å²) in [6.07, 6.45) is 9.27. The number of piperidine rings is 1. The minimum Gasteiger partial charge on any atom is -0.465 e. The lowest BCUT2D eigenvalue weighted by atomic mass is 9.88. The van der Waals surface area contributed by atoms with Crippen LogP contribution in [0.1, 0.15) is 49.2 Å². The van der Waals surface area contributed by atoms with Crippen molar-refractivity contribution in [2.75, 3.05) is 26.2 Å². The van der Waals surface area contributed by atoms with Gasteiger partial charge in [-0.05, 0) is 69.1 Å². The molecule has 0 aromatic carbocycles. The number of carbonyl (C=O) groups is 1. The van der Waals surface area contributed by atoms with Crippen LogP contribution in [-0.2, 0) is 17.9 Å². The third-order valence-corrected chi connectivity index (χ3v) is 6.45. The zero-order chi connectivity index (χ0) is 20.8. The molecular weight excluding hydrogens is 376 g/mol. The van der Waals surface area contributed by atoms with E-state index in [1.165, 1.54) is 24.8 Å². The van der Waals surface area contributed by atoms with Crippen molar-refractivity contribution < 1.29 is 9.21 Å². The van der Waals surface area contributed by atoms with E-state index in [2.05, 4.69) is 38.3 Å². The molecule has 0 aliphatic carbocycles. The Kier molecular flexibility index (Phi) is 7.18. The lowest BCUT2D eigenvalue weighted by molar-refractivity contribution is -0.129. The van der Waals surface area contributed by atoms with Gasteiger partial charge in [-0.1, -0.05) is 12.8 Å². The summed E-state index contributed by atoms with van der Waals surface area (Å²) < 4.78 is 5.82. The van der Waals surface area contributed by atoms with E-state index < -0.39 is 0 Å². The number of hydrogen-bond donors (Lipinski definition) is 1. The van der Waals surface area contributed by atoms with Crippen LogP contribution in [-0.4, -0.2) is 52.9 Å². The maximum absolute atomic E-state index is 13.1. The smallest absolute Gasteiger partial charge is 0.224 e. The molecule has 2 aliphatic heterocycles. The Morgan fingerprint density at radius 1 is 1.07 bits per heavy atom. The number of aryl methyl sites for hydroxylation is 1. The molecule has 2 atom stereocenters. The highest BCUT2D eigenvalue weighted by Crippen LogP contribution is 2.27. The quantitative estimate of drug-likeness (QED) is 0.837. The number of rotatable bonds is 4. The number of nitrogens with one attached hydrogen (secondary N) is 1. The number of aromatic nitrogens is 1. The molecule has 6 heteroatoms. The summed E-state index contributed by atoms with van der Waals surface area (Å²) >= 11 is 0. The van der Waals surface area contributed by atoms with E-state index in [1.807, 2.05) is 25.4 Å². The Labute approximate surface area is 179 Å². The van der Waals surface area contributed by atoms with Crippen LogP contribution in [0, 0.1) is 12.8 Å². The molecule has 1 amide bonds. The van der Waals surface area contributed by atoms with Crippen LogP contribution in [0.15, 0.2) is 41.1 Å². The second kappa shape index (κ2) is 10.2. The first kappa shape index (κ1) is 21.1. The average Bonchev–Trinajstić information content (AvgIpc) is 3.15. The van der Waals surface area contributed by atoms with Crippen LogP contribution in [0.3, 0.4) is 0 Å². The van der Waals surface area contributed by atoms with Gasteiger partial charge in [0, 0.05) is 38.1 Å². The number of likely N-dealkylation sites (tertiary alicyclic amines) is 1. The van der Waals surface area contributed by atoms with Crippen molar-refractivity contribution in [2.24, 2.45) is 5.92 Å². The van der Waals surface area contributed by atoms with Crippen LogP contribution in [0.25, 0.3) is 0 Å². The molecule has 30 heavy (non-hydrogen) atoms. The van der Waals surface area contributed by atoms with Crippen LogP contribution >= 0.6 is 0 Å². The van der Waals surface area contributed by atoms with E-state index in [0.717, 1.165) is 63.6 Å². The van der Waals surface area contributed by atoms with Gasteiger partial charge in [-0.25, -0.2) is 0 Å². The van der Waals surface area contributed by atoms with E-state index in [-0.39, 0.29) is 17.9 Å². The maximum atomic E-state index is 13.1. The van der Waals surface area contributed by atoms with E-state index in [9.17, 15) is 4.79 Å². The van der Waals surface area contributed by atoms with Gasteiger partial charge in [0.1, 0.15) is 11.5 Å². The summed E-state index contributed by atoms with van der Waals surface area (Å²) in [4.78, 5) is 22.2. The third-order valence-electron chi connectivity index (χ3n) is 6.45. The fraction of sp³-hybridized carbons (Fsp3) is 0.583. The molecule has 162 valence electrons. The lowest BCUT2D eigenvalue weighted by Gasteiger charge is -2.43. The zero-order valence-corrected chi connectivity index (χ0v) is 18.1. The fourth-order valence-electron chi connectivity index (χ4n) is 4.83. The van der Waals surface area contributed by atoms with Crippen molar-refractivity contribution in [2.45, 2.75) is 58.2 Å². The van der Waals surface area contributed by atoms with Crippen molar-refractivity contribution in [1.82, 2.24) is 20.1 Å². The molecule has 0 radical (unpaired) electrons. The summed E-state index contributed by atoms with van der Waals surface area (Å²) in [5.74, 6) is 2.23. The minimum absolute atomic E-state index is 0.0412. The number of furan rings is 1. The summed E-state index contributed by atoms with van der Waals surface area (Å²) in [5.41, 5.74) is 1.26. The number of carbonyl (C=O) groups excluding carboxylic acids is 1. The summed E-state index contributed by atoms with van der Waals surface area (Å²) in [5, 5.41) is 3.22. The first-order valence-corrected chi connectivity index (χ1v) is 11.4. The first-order valence-electron chi connectivity index (χ1n) is 11.4. The van der Waals surface area contributed by atoms with Crippen molar-refractivity contribution in [3.63, 3.8) is 0 Å². The van der Waals surface area contributed by atoms with Gasteiger partial charge in [-0.2, -0.15) is 0 Å². The van der Waals surface area contributed by atoms with Crippen molar-refractivity contribution in [3.8, 4) is 0 Å². The fourth-order valence-corrected chi connectivity index (χ4v) is 4.83. The van der Waals surface area contributed by atoms with Crippen molar-refractivity contribution in [1.29, 1.82) is 0 Å². The second-order valence-electron chi connectivity index (χ2n) is 8.74. The van der Waals surface area contributed by atoms with Gasteiger partial charge in [0.2, 0.25) is 5.91 Å². The van der Waals surface area contributed by atoms with Gasteiger partial charge in [0.25, 0.3) is 0 Å². The van der Waals surface area contributed by atoms with Gasteiger partial charge in [-0.15, -0.1) is 0 Å². The highest BCUT2D eigenvalue weighted by molar-refractivity contribution is 5.79. The van der Waals surface area contributed by atoms with Gasteiger partial charge in [0.05, 0.1) is 12.5 Å². The highest BCUT2D eigenvalue weighted by atomic mass is 16.3. The molecule has 2 aliphatic rings. The van der Waals surface area contributed by atoms with Crippen LogP contribution < -0.4 is 5.32 Å². The molecule has 0 saturated carbocycles. The number of pyridine rings is 1. The molecule has 6 nitrogen and oxygen atoms in total. The van der Waals surface area contributed by atoms with E-state index in [1.54, 1.807) is 0 Å². The molecule has 2 aromatic heterocycles. The van der Waals surface area contributed by atoms with E-state index >= 15 is 0 Å². The monoisotopic (exact) mass is 410 g/mol. The van der Waals surface area contributed by atoms with Gasteiger partial charge in [0.15, 0.2) is 0 Å². The largest absolute Gasteiger partial charge is 0.465 e. The lowest BCUT2D eigenvalue weighted by Crippen LogP contribution is -2.56. The Hall–Kier alpha value is -2.18. The van der Waals surface area contributed by atoms with E-state index in [0.29, 0.717) is 0 Å². The second-order valence-corrected chi connectivity index (χ2v) is 8.74. The molecule has 4 rings (SSSR count). The number of hydrogen-bond acceptors (Lipinski definition) is 5. The molecule has 2 saturated heterocycles. The van der Waals surface area contributed by atoms with Gasteiger partial charge in [-0.3, -0.25) is 19.6 Å². The molecule has 2 fully saturated rings. The summed E-state index contributed by atoms with van der Waals surface area (Å²) in [6, 6.07) is 8.48. The SMILES string of the molecule is Cc1ccc(CN2CC[C@H]3C(=O)NCCCCCCN(Cc4ccncc4)[C@@H]3C2)o1. The number of amides is 1. The van der Waals surface area contributed by atoms with Crippen LogP contribution in [0.4, 0.5) is 0 Å². The van der Waals surface area contributed by atoms with Gasteiger partial charge < -0.3 is 9.73 Å². The highest BCUT2D eigenvalue weighted by Gasteiger charge is 2.37. The topological polar surface area (TPSA) is 61.6 Å². The molecular formula is C24H34N4O2. The maximum Gasteiger partial charge on any atom is 0.224 e. The van der Waals surface area contributed by atoms with Gasteiger partial charge >= 0.3 is 0 Å². The van der Waals surface area contributed by atoms with Crippen LogP contribution in [0.5, 0.6) is 0 Å². The summed E-state index contributed by atoms with van der Waals surface area (Å²) in [7, 11) is 0. The average molecular weight is 411 g/mol. The Morgan fingerprint density at radius 3 is 2.70 bits per heavy atom. The summed E-state index contributed by atoms with van der Waals surface area (Å²) in [6.45, 7) is 7.32. The Balaban J connectivity index is 1.54. The first-order chi connectivity index (χ1) is 14.7. The Bertz CT molecular complexity index is 807. The number of fused-ring (bicyclic) bond motifs is 1. The molecule has 4 heterocycles. The molecule has 1 N–H and O–H groups in total. The number of nitrogens with zero attached hydrogens (tertiary/aromatic N) is 3. The zero-order valence-electron chi connectivity index (χ0n) is 18.1. The normalized spacial score (nSPS) is 24.6. The van der Waals surface area contributed by atoms with Crippen molar-refractivity contribution in [3.05, 3.63) is 53.7 Å². The Morgan fingerprint density at radius 2 is 1.90 bits per heavy atom.